The number of aromatic nitrogens is 5. The average Bonchev–Trinajstić information content (AvgIpc) is 2.93. The number of aryl methyl sites for hydroxylation is 1. The van der Waals surface area contributed by atoms with Crippen molar-refractivity contribution in [2.45, 2.75) is 20.1 Å². The Hall–Kier alpha value is -2.61. The third-order valence-electron chi connectivity index (χ3n) is 3.18. The molecule has 3 heterocycles. The molecule has 7 nitrogen and oxygen atoms in total. The molecule has 0 spiro atoms. The summed E-state index contributed by atoms with van der Waals surface area (Å²) in [4.78, 5) is 11.9. The second-order valence-electron chi connectivity index (χ2n) is 4.80. The molecule has 0 atom stereocenters. The molecular weight excluding hydrogens is 325 g/mol. The van der Waals surface area contributed by atoms with Crippen LogP contribution < -0.4 is 5.56 Å². The van der Waals surface area contributed by atoms with Crippen molar-refractivity contribution in [1.82, 2.24) is 25.1 Å². The van der Waals surface area contributed by atoms with E-state index < -0.39 is 12.2 Å². The third-order valence-corrected chi connectivity index (χ3v) is 3.38. The molecule has 0 fully saturated rings. The van der Waals surface area contributed by atoms with Crippen LogP contribution in [-0.4, -0.2) is 25.1 Å². The van der Waals surface area contributed by atoms with Crippen LogP contribution in [0.4, 0.5) is 4.39 Å². The molecule has 9 heteroatoms. The maximum absolute atomic E-state index is 13.1. The van der Waals surface area contributed by atoms with Gasteiger partial charge in [0.2, 0.25) is 0 Å². The van der Waals surface area contributed by atoms with Crippen molar-refractivity contribution in [2.75, 3.05) is 0 Å². The second kappa shape index (κ2) is 6.25. The molecule has 0 N–H and O–H groups in total. The van der Waals surface area contributed by atoms with Gasteiger partial charge in [-0.2, -0.15) is 10.2 Å². The van der Waals surface area contributed by atoms with E-state index in [1.807, 2.05) is 0 Å². The highest BCUT2D eigenvalue weighted by Crippen LogP contribution is 2.25. The van der Waals surface area contributed by atoms with Crippen molar-refractivity contribution in [2.24, 2.45) is 0 Å². The standard InChI is InChI=1S/C14H11ClFN5O2/c1-8-2-3-11(19-18-8)14-10(12(5-16)23-20-14)7-21-13(22)4-9(15)6-17-21/h2-4,6H,5,7H2,1H3. The molecule has 0 aliphatic heterocycles. The fraction of sp³-hybridized carbons (Fsp3) is 0.214. The van der Waals surface area contributed by atoms with Crippen LogP contribution in [0.5, 0.6) is 0 Å². The summed E-state index contributed by atoms with van der Waals surface area (Å²) in [6, 6.07) is 4.68. The molecule has 0 aliphatic rings. The van der Waals surface area contributed by atoms with Crippen LogP contribution in [0.2, 0.25) is 5.02 Å². The fourth-order valence-corrected chi connectivity index (χ4v) is 2.15. The van der Waals surface area contributed by atoms with Crippen LogP contribution in [0, 0.1) is 6.92 Å². The minimum atomic E-state index is -0.857. The summed E-state index contributed by atoms with van der Waals surface area (Å²) in [5.74, 6) is 0.0195. The first-order valence-corrected chi connectivity index (χ1v) is 7.03. The lowest BCUT2D eigenvalue weighted by atomic mass is 10.1. The molecule has 0 aliphatic carbocycles. The maximum Gasteiger partial charge on any atom is 0.268 e. The molecule has 3 rings (SSSR count). The topological polar surface area (TPSA) is 86.7 Å². The van der Waals surface area contributed by atoms with E-state index in [1.165, 1.54) is 12.3 Å². The molecule has 3 aromatic rings. The van der Waals surface area contributed by atoms with E-state index in [-0.39, 0.29) is 17.3 Å². The molecule has 0 saturated heterocycles. The summed E-state index contributed by atoms with van der Waals surface area (Å²) in [7, 11) is 0. The zero-order valence-electron chi connectivity index (χ0n) is 12.0. The van der Waals surface area contributed by atoms with Crippen molar-refractivity contribution in [3.63, 3.8) is 0 Å². The van der Waals surface area contributed by atoms with Gasteiger partial charge >= 0.3 is 0 Å². The number of alkyl halides is 1. The van der Waals surface area contributed by atoms with E-state index in [2.05, 4.69) is 20.5 Å². The van der Waals surface area contributed by atoms with Crippen molar-refractivity contribution in [3.8, 4) is 11.4 Å². The van der Waals surface area contributed by atoms with Crippen LogP contribution in [0.3, 0.4) is 0 Å². The smallest absolute Gasteiger partial charge is 0.268 e. The Bertz CT molecular complexity index is 891. The largest absolute Gasteiger partial charge is 0.358 e. The lowest BCUT2D eigenvalue weighted by Gasteiger charge is -2.05. The lowest BCUT2D eigenvalue weighted by molar-refractivity contribution is 0.328. The Labute approximate surface area is 134 Å². The zero-order chi connectivity index (χ0) is 16.4. The molecule has 0 saturated carbocycles. The van der Waals surface area contributed by atoms with E-state index in [1.54, 1.807) is 19.1 Å². The van der Waals surface area contributed by atoms with E-state index in [0.717, 1.165) is 10.4 Å². The zero-order valence-corrected chi connectivity index (χ0v) is 12.8. The molecule has 0 radical (unpaired) electrons. The van der Waals surface area contributed by atoms with Crippen LogP contribution in [0.1, 0.15) is 17.0 Å². The highest BCUT2D eigenvalue weighted by molar-refractivity contribution is 6.30. The minimum absolute atomic E-state index is 0.0103. The number of nitrogens with zero attached hydrogens (tertiary/aromatic N) is 5. The lowest BCUT2D eigenvalue weighted by Crippen LogP contribution is -2.22. The monoisotopic (exact) mass is 335 g/mol. The summed E-state index contributed by atoms with van der Waals surface area (Å²) in [6.07, 6.45) is 1.33. The predicted molar refractivity (Wildman–Crippen MR) is 79.7 cm³/mol. The van der Waals surface area contributed by atoms with Gasteiger partial charge in [0.15, 0.2) is 12.4 Å². The Morgan fingerprint density at radius 3 is 2.83 bits per heavy atom. The van der Waals surface area contributed by atoms with Gasteiger partial charge in [0.25, 0.3) is 5.56 Å². The number of hydrogen-bond acceptors (Lipinski definition) is 6. The Morgan fingerprint density at radius 1 is 1.35 bits per heavy atom. The second-order valence-corrected chi connectivity index (χ2v) is 5.23. The average molecular weight is 336 g/mol. The van der Waals surface area contributed by atoms with Gasteiger partial charge in [-0.25, -0.2) is 9.07 Å². The first-order valence-electron chi connectivity index (χ1n) is 6.65. The van der Waals surface area contributed by atoms with E-state index in [9.17, 15) is 9.18 Å². The number of hydrogen-bond donors (Lipinski definition) is 0. The quantitative estimate of drug-likeness (QED) is 0.726. The van der Waals surface area contributed by atoms with Gasteiger partial charge in [0.05, 0.1) is 23.5 Å². The summed E-state index contributed by atoms with van der Waals surface area (Å²) >= 11 is 5.71. The van der Waals surface area contributed by atoms with Gasteiger partial charge in [0.1, 0.15) is 11.4 Å². The molecule has 0 unspecified atom stereocenters. The summed E-state index contributed by atoms with van der Waals surface area (Å²) in [5, 5.41) is 15.9. The van der Waals surface area contributed by atoms with Gasteiger partial charge in [-0.3, -0.25) is 4.79 Å². The summed E-state index contributed by atoms with van der Waals surface area (Å²) in [6.45, 7) is 0.929. The molecule has 3 aromatic heterocycles. The molecule has 0 amide bonds. The summed E-state index contributed by atoms with van der Waals surface area (Å²) < 4.78 is 19.3. The number of rotatable bonds is 4. The van der Waals surface area contributed by atoms with Crippen molar-refractivity contribution >= 4 is 11.6 Å². The summed E-state index contributed by atoms with van der Waals surface area (Å²) in [5.41, 5.74) is 1.47. The third kappa shape index (κ3) is 3.11. The van der Waals surface area contributed by atoms with Gasteiger partial charge in [0, 0.05) is 11.6 Å². The molecular formula is C14H11ClFN5O2. The van der Waals surface area contributed by atoms with Gasteiger partial charge in [-0.05, 0) is 19.1 Å². The van der Waals surface area contributed by atoms with Crippen LogP contribution in [0.15, 0.2) is 33.7 Å². The predicted octanol–water partition coefficient (Wildman–Crippen LogP) is 2.17. The Morgan fingerprint density at radius 2 is 2.17 bits per heavy atom. The van der Waals surface area contributed by atoms with E-state index in [0.29, 0.717) is 17.0 Å². The molecule has 0 bridgehead atoms. The van der Waals surface area contributed by atoms with E-state index >= 15 is 0 Å². The normalized spacial score (nSPS) is 10.9. The number of halogens is 2. The Kier molecular flexibility index (Phi) is 4.16. The fourth-order valence-electron chi connectivity index (χ4n) is 2.02. The first kappa shape index (κ1) is 15.3. The van der Waals surface area contributed by atoms with Crippen LogP contribution in [-0.2, 0) is 13.2 Å². The minimum Gasteiger partial charge on any atom is -0.358 e. The van der Waals surface area contributed by atoms with Crippen molar-refractivity contribution < 1.29 is 8.91 Å². The molecule has 118 valence electrons. The van der Waals surface area contributed by atoms with Gasteiger partial charge in [-0.1, -0.05) is 16.8 Å². The van der Waals surface area contributed by atoms with Gasteiger partial charge < -0.3 is 4.52 Å². The Balaban J connectivity index is 2.05. The van der Waals surface area contributed by atoms with Crippen LogP contribution in [0.25, 0.3) is 11.4 Å². The molecule has 0 aromatic carbocycles. The van der Waals surface area contributed by atoms with Crippen molar-refractivity contribution in [1.29, 1.82) is 0 Å². The highest BCUT2D eigenvalue weighted by Gasteiger charge is 2.20. The SMILES string of the molecule is Cc1ccc(-c2noc(CF)c2Cn2ncc(Cl)cc2=O)nn1. The molecule has 23 heavy (non-hydrogen) atoms. The maximum atomic E-state index is 13.1. The van der Waals surface area contributed by atoms with Crippen molar-refractivity contribution in [3.05, 3.63) is 56.8 Å². The van der Waals surface area contributed by atoms with Gasteiger partial charge in [-0.15, -0.1) is 5.10 Å². The highest BCUT2D eigenvalue weighted by atomic mass is 35.5. The van der Waals surface area contributed by atoms with E-state index in [4.69, 9.17) is 16.1 Å². The first-order chi connectivity index (χ1) is 11.1. The van der Waals surface area contributed by atoms with Crippen LogP contribution >= 0.6 is 11.6 Å².